The summed E-state index contributed by atoms with van der Waals surface area (Å²) in [6, 6.07) is 8.15. The quantitative estimate of drug-likeness (QED) is 0.430. The van der Waals surface area contributed by atoms with Gasteiger partial charge in [0, 0.05) is 9.82 Å². The zero-order chi connectivity index (χ0) is 10.4. The molecular weight excluding hydrogens is 205 g/mol. The molecule has 3 nitrogen and oxygen atoms in total. The largest absolute Gasteiger partial charge is 0.264 e. The molecule has 0 amide bonds. The molecule has 14 heavy (non-hydrogen) atoms. The van der Waals surface area contributed by atoms with Crippen LogP contribution in [-0.2, 0) is 0 Å². The van der Waals surface area contributed by atoms with Crippen molar-refractivity contribution in [1.29, 1.82) is 0 Å². The molecule has 0 saturated carbocycles. The summed E-state index contributed by atoms with van der Waals surface area (Å²) in [6.07, 6.45) is 0. The Bertz CT molecular complexity index is 294. The number of alkyl halides is 1. The van der Waals surface area contributed by atoms with Crippen molar-refractivity contribution in [2.75, 3.05) is 12.4 Å². The van der Waals surface area contributed by atoms with Crippen LogP contribution in [0.3, 0.4) is 0 Å². The Hall–Kier alpha value is -1.10. The normalized spacial score (nSPS) is 12.4. The van der Waals surface area contributed by atoms with Gasteiger partial charge in [0.25, 0.3) is 0 Å². The first kappa shape index (κ1) is 11.0. The van der Waals surface area contributed by atoms with Crippen LogP contribution in [0.4, 0.5) is 4.39 Å². The second-order valence-corrected chi connectivity index (χ2v) is 3.81. The van der Waals surface area contributed by atoms with E-state index in [4.69, 9.17) is 0 Å². The third-order valence-electron chi connectivity index (χ3n) is 1.66. The molecule has 0 bridgehead atoms. The Morgan fingerprint density at radius 2 is 2.07 bits per heavy atom. The minimum atomic E-state index is -1.10. The summed E-state index contributed by atoms with van der Waals surface area (Å²) in [5, 5.41) is 10.3. The molecule has 0 aromatic heterocycles. The molecule has 1 atom stereocenters. The predicted molar refractivity (Wildman–Crippen MR) is 53.9 cm³/mol. The van der Waals surface area contributed by atoms with Crippen molar-refractivity contribution in [3.8, 4) is 0 Å². The van der Waals surface area contributed by atoms with Crippen LogP contribution in [0.15, 0.2) is 35.2 Å². The molecule has 0 N–H and O–H groups in total. The maximum atomic E-state index is 12.2. The van der Waals surface area contributed by atoms with E-state index >= 15 is 0 Å². The topological polar surface area (TPSA) is 43.1 Å². The highest BCUT2D eigenvalue weighted by molar-refractivity contribution is 7.99. The van der Waals surface area contributed by atoms with Crippen molar-refractivity contribution in [1.82, 2.24) is 0 Å². The fourth-order valence-electron chi connectivity index (χ4n) is 0.871. The van der Waals surface area contributed by atoms with Crippen LogP contribution < -0.4 is 0 Å². The molecule has 1 aromatic carbocycles. The van der Waals surface area contributed by atoms with Gasteiger partial charge in [0.05, 0.1) is 5.75 Å². The lowest BCUT2D eigenvalue weighted by molar-refractivity contribution is -0.517. The standard InChI is InChI=1S/C9H10FNO2S/c10-6-8(11(12)13)7-14-9-4-2-1-3-5-9/h1-5,8H,6-7H2. The van der Waals surface area contributed by atoms with Gasteiger partial charge in [-0.15, -0.1) is 11.8 Å². The number of hydrogen-bond acceptors (Lipinski definition) is 3. The molecule has 5 heteroatoms. The first-order chi connectivity index (χ1) is 6.74. The van der Waals surface area contributed by atoms with Crippen LogP contribution in [0, 0.1) is 10.1 Å². The van der Waals surface area contributed by atoms with E-state index in [-0.39, 0.29) is 5.75 Å². The maximum absolute atomic E-state index is 12.2. The third-order valence-corrected chi connectivity index (χ3v) is 2.82. The number of nitro groups is 1. The summed E-state index contributed by atoms with van der Waals surface area (Å²) in [5.74, 6) is 0.174. The number of thioether (sulfide) groups is 1. The van der Waals surface area contributed by atoms with E-state index in [1.807, 2.05) is 30.3 Å². The summed E-state index contributed by atoms with van der Waals surface area (Å²) < 4.78 is 12.2. The van der Waals surface area contributed by atoms with E-state index in [2.05, 4.69) is 0 Å². The van der Waals surface area contributed by atoms with Crippen LogP contribution in [0.1, 0.15) is 0 Å². The van der Waals surface area contributed by atoms with Crippen LogP contribution in [0.25, 0.3) is 0 Å². The van der Waals surface area contributed by atoms with E-state index in [9.17, 15) is 14.5 Å². The summed E-state index contributed by atoms with van der Waals surface area (Å²) >= 11 is 1.30. The van der Waals surface area contributed by atoms with Gasteiger partial charge in [0.1, 0.15) is 0 Å². The first-order valence-electron chi connectivity index (χ1n) is 4.11. The van der Waals surface area contributed by atoms with E-state index in [1.165, 1.54) is 11.8 Å². The number of rotatable bonds is 5. The summed E-state index contributed by atoms with van der Waals surface area (Å²) in [5.41, 5.74) is 0. The molecule has 0 spiro atoms. The van der Waals surface area contributed by atoms with Crippen LogP contribution in [0.2, 0.25) is 0 Å². The fourth-order valence-corrected chi connectivity index (χ4v) is 1.82. The van der Waals surface area contributed by atoms with Gasteiger partial charge in [-0.25, -0.2) is 4.39 Å². The van der Waals surface area contributed by atoms with Crippen molar-refractivity contribution in [3.05, 3.63) is 40.4 Å². The van der Waals surface area contributed by atoms with Gasteiger partial charge in [-0.3, -0.25) is 10.1 Å². The lowest BCUT2D eigenvalue weighted by Crippen LogP contribution is -2.24. The Labute approximate surface area is 85.5 Å². The van der Waals surface area contributed by atoms with Crippen molar-refractivity contribution in [3.63, 3.8) is 0 Å². The molecular formula is C9H10FNO2S. The van der Waals surface area contributed by atoms with Gasteiger partial charge in [-0.05, 0) is 12.1 Å². The molecule has 1 unspecified atom stereocenters. The molecule has 1 aromatic rings. The van der Waals surface area contributed by atoms with Crippen molar-refractivity contribution < 1.29 is 9.31 Å². The SMILES string of the molecule is O=[N+]([O-])C(CF)CSc1ccccc1. The minimum Gasteiger partial charge on any atom is -0.264 e. The molecule has 0 heterocycles. The van der Waals surface area contributed by atoms with E-state index < -0.39 is 17.6 Å². The van der Waals surface area contributed by atoms with Gasteiger partial charge < -0.3 is 0 Å². The number of halogens is 1. The van der Waals surface area contributed by atoms with Gasteiger partial charge in [0.2, 0.25) is 6.04 Å². The van der Waals surface area contributed by atoms with Crippen LogP contribution in [0.5, 0.6) is 0 Å². The maximum Gasteiger partial charge on any atom is 0.250 e. The van der Waals surface area contributed by atoms with E-state index in [0.29, 0.717) is 0 Å². The number of hydrogen-bond donors (Lipinski definition) is 0. The van der Waals surface area contributed by atoms with Gasteiger partial charge in [0.15, 0.2) is 6.67 Å². The average Bonchev–Trinajstić information content (AvgIpc) is 2.20. The highest BCUT2D eigenvalue weighted by Crippen LogP contribution is 2.18. The fraction of sp³-hybridized carbons (Fsp3) is 0.333. The van der Waals surface area contributed by atoms with Crippen LogP contribution in [-0.4, -0.2) is 23.4 Å². The number of benzene rings is 1. The minimum absolute atomic E-state index is 0.174. The Balaban J connectivity index is 2.44. The average molecular weight is 215 g/mol. The third kappa shape index (κ3) is 3.33. The van der Waals surface area contributed by atoms with Gasteiger partial charge >= 0.3 is 0 Å². The molecule has 0 aliphatic carbocycles. The summed E-state index contributed by atoms with van der Waals surface area (Å²) in [4.78, 5) is 10.7. The lowest BCUT2D eigenvalue weighted by atomic mass is 10.4. The molecule has 0 aliphatic heterocycles. The van der Waals surface area contributed by atoms with Crippen LogP contribution >= 0.6 is 11.8 Å². The molecule has 1 rings (SSSR count). The van der Waals surface area contributed by atoms with Crippen molar-refractivity contribution in [2.24, 2.45) is 0 Å². The Morgan fingerprint density at radius 1 is 1.43 bits per heavy atom. The molecule has 0 aliphatic rings. The molecule has 76 valence electrons. The highest BCUT2D eigenvalue weighted by Gasteiger charge is 2.19. The molecule has 0 radical (unpaired) electrons. The second-order valence-electron chi connectivity index (χ2n) is 2.72. The molecule has 0 saturated heterocycles. The summed E-state index contributed by atoms with van der Waals surface area (Å²) in [6.45, 7) is -0.910. The Morgan fingerprint density at radius 3 is 2.57 bits per heavy atom. The molecule has 0 fully saturated rings. The van der Waals surface area contributed by atoms with Crippen molar-refractivity contribution in [2.45, 2.75) is 10.9 Å². The Kier molecular flexibility index (Phi) is 4.39. The highest BCUT2D eigenvalue weighted by atomic mass is 32.2. The summed E-state index contributed by atoms with van der Waals surface area (Å²) in [7, 11) is 0. The van der Waals surface area contributed by atoms with Crippen molar-refractivity contribution >= 4 is 11.8 Å². The monoisotopic (exact) mass is 215 g/mol. The number of nitrogens with zero attached hydrogens (tertiary/aromatic N) is 1. The van der Waals surface area contributed by atoms with E-state index in [1.54, 1.807) is 0 Å². The zero-order valence-electron chi connectivity index (χ0n) is 7.43. The smallest absolute Gasteiger partial charge is 0.250 e. The first-order valence-corrected chi connectivity index (χ1v) is 5.10. The van der Waals surface area contributed by atoms with Gasteiger partial charge in [-0.1, -0.05) is 18.2 Å². The zero-order valence-corrected chi connectivity index (χ0v) is 8.24. The van der Waals surface area contributed by atoms with E-state index in [0.717, 1.165) is 4.90 Å². The lowest BCUT2D eigenvalue weighted by Gasteiger charge is -2.04. The predicted octanol–water partition coefficient (Wildman–Crippen LogP) is 2.39. The second kappa shape index (κ2) is 5.59. The van der Waals surface area contributed by atoms with Gasteiger partial charge in [-0.2, -0.15) is 0 Å².